The van der Waals surface area contributed by atoms with E-state index in [4.69, 9.17) is 27.8 Å². The highest BCUT2D eigenvalue weighted by atomic mass is 31.2. The fraction of sp³-hybridized carbons (Fsp3) is 0.450. The Balaban J connectivity index is 4.56. The molecule has 0 fully saturated rings. The van der Waals surface area contributed by atoms with Crippen molar-refractivity contribution >= 4 is 13.8 Å². The zero-order chi connectivity index (χ0) is 22.4. The zero-order valence-electron chi connectivity index (χ0n) is 17.5. The van der Waals surface area contributed by atoms with Gasteiger partial charge >= 0.3 is 13.8 Å². The fourth-order valence-electron chi connectivity index (χ4n) is 1.39. The van der Waals surface area contributed by atoms with Crippen LogP contribution in [-0.4, -0.2) is 45.6 Å². The molecule has 29 heavy (non-hydrogen) atoms. The van der Waals surface area contributed by atoms with Crippen LogP contribution in [0.4, 0.5) is 0 Å². The molecule has 164 valence electrons. The van der Waals surface area contributed by atoms with E-state index in [0.717, 1.165) is 0 Å². The van der Waals surface area contributed by atoms with E-state index in [1.165, 1.54) is 6.92 Å². The van der Waals surface area contributed by atoms with Gasteiger partial charge in [0.25, 0.3) is 0 Å². The molecule has 0 aliphatic heterocycles. The van der Waals surface area contributed by atoms with E-state index in [9.17, 15) is 9.36 Å². The summed E-state index contributed by atoms with van der Waals surface area (Å²) in [4.78, 5) is 11.4. The van der Waals surface area contributed by atoms with Gasteiger partial charge in [-0.3, -0.25) is 13.6 Å². The Morgan fingerprint density at radius 2 is 0.966 bits per heavy atom. The third kappa shape index (κ3) is 12.9. The third-order valence-corrected chi connectivity index (χ3v) is 4.58. The maximum atomic E-state index is 12.7. The summed E-state index contributed by atoms with van der Waals surface area (Å²) >= 11 is 0. The van der Waals surface area contributed by atoms with Crippen LogP contribution in [0.3, 0.4) is 0 Å². The van der Waals surface area contributed by atoms with Gasteiger partial charge in [-0.1, -0.05) is 32.9 Å². The first-order chi connectivity index (χ1) is 13.5. The number of hydrogen-bond donors (Lipinski definition) is 0. The molecule has 0 heterocycles. The second kappa shape index (κ2) is 14.0. The molecule has 0 aliphatic carbocycles. The average molecular weight is 430 g/mol. The minimum absolute atomic E-state index is 0.0655. The average Bonchev–Trinajstić information content (AvgIpc) is 2.65. The summed E-state index contributed by atoms with van der Waals surface area (Å²) < 4.78 is 43.8. The standard InChI is InChI=1S/C20H31O8P/c1-15(2)18(7)23-9-12-26-29(22,27-13-10-24-19(8)16(3)4)28-14-11-25-20(21)17(5)6/h1,3,5,7-14H2,2,4,6H3. The van der Waals surface area contributed by atoms with Gasteiger partial charge in [0, 0.05) is 5.57 Å². The molecule has 0 aromatic heterocycles. The molecule has 0 aromatic rings. The summed E-state index contributed by atoms with van der Waals surface area (Å²) in [6.07, 6.45) is 0. The monoisotopic (exact) mass is 430 g/mol. The molecule has 0 spiro atoms. The number of phosphoric ester groups is 1. The van der Waals surface area contributed by atoms with Crippen molar-refractivity contribution in [3.63, 3.8) is 0 Å². The Hall–Kier alpha value is -2.12. The van der Waals surface area contributed by atoms with Crippen molar-refractivity contribution in [1.82, 2.24) is 0 Å². The summed E-state index contributed by atoms with van der Waals surface area (Å²) in [7, 11) is -3.95. The molecular formula is C20H31O8P. The summed E-state index contributed by atoms with van der Waals surface area (Å²) in [5.41, 5.74) is 1.57. The molecule has 0 aromatic carbocycles. The third-order valence-electron chi connectivity index (χ3n) is 3.08. The predicted octanol–water partition coefficient (Wildman–Crippen LogP) is 4.48. The summed E-state index contributed by atoms with van der Waals surface area (Å²) in [6.45, 7) is 22.8. The highest BCUT2D eigenvalue weighted by Crippen LogP contribution is 2.49. The van der Waals surface area contributed by atoms with E-state index in [1.54, 1.807) is 13.8 Å². The van der Waals surface area contributed by atoms with E-state index in [1.807, 2.05) is 0 Å². The molecule has 8 nitrogen and oxygen atoms in total. The first kappa shape index (κ1) is 26.9. The van der Waals surface area contributed by atoms with Crippen molar-refractivity contribution < 1.29 is 37.1 Å². The van der Waals surface area contributed by atoms with E-state index >= 15 is 0 Å². The van der Waals surface area contributed by atoms with Crippen molar-refractivity contribution in [2.75, 3.05) is 39.6 Å². The molecular weight excluding hydrogens is 399 g/mol. The number of phosphoric acid groups is 1. The molecule has 0 bridgehead atoms. The maximum absolute atomic E-state index is 12.7. The topological polar surface area (TPSA) is 89.5 Å². The van der Waals surface area contributed by atoms with E-state index in [-0.39, 0.29) is 45.2 Å². The molecule has 0 saturated carbocycles. The Labute approximate surface area is 173 Å². The Morgan fingerprint density at radius 3 is 1.28 bits per heavy atom. The highest BCUT2D eigenvalue weighted by Gasteiger charge is 2.27. The molecule has 0 radical (unpaired) electrons. The Kier molecular flexibility index (Phi) is 12.9. The van der Waals surface area contributed by atoms with Gasteiger partial charge in [0.15, 0.2) is 0 Å². The molecule has 9 heteroatoms. The molecule has 0 atom stereocenters. The number of allylic oxidation sites excluding steroid dienone is 2. The van der Waals surface area contributed by atoms with Gasteiger partial charge in [-0.05, 0) is 31.9 Å². The molecule has 0 N–H and O–H groups in total. The fourth-order valence-corrected chi connectivity index (χ4v) is 2.51. The van der Waals surface area contributed by atoms with Crippen molar-refractivity contribution in [3.05, 3.63) is 61.1 Å². The lowest BCUT2D eigenvalue weighted by molar-refractivity contribution is -0.139. The molecule has 0 unspecified atom stereocenters. The predicted molar refractivity (Wildman–Crippen MR) is 111 cm³/mol. The Bertz CT molecular complexity index is 590. The Morgan fingerprint density at radius 1 is 0.621 bits per heavy atom. The second-order valence-electron chi connectivity index (χ2n) is 5.97. The van der Waals surface area contributed by atoms with Crippen molar-refractivity contribution in [1.29, 1.82) is 0 Å². The van der Waals surface area contributed by atoms with Crippen molar-refractivity contribution in [2.24, 2.45) is 0 Å². The van der Waals surface area contributed by atoms with Gasteiger partial charge < -0.3 is 14.2 Å². The number of carbonyl (C=O) groups excluding carboxylic acids is 1. The normalized spacial score (nSPS) is 10.7. The summed E-state index contributed by atoms with van der Waals surface area (Å²) in [5.74, 6) is 0.205. The first-order valence-electron chi connectivity index (χ1n) is 8.80. The lowest BCUT2D eigenvalue weighted by atomic mass is 10.3. The van der Waals surface area contributed by atoms with Crippen LogP contribution in [0.15, 0.2) is 61.1 Å². The number of hydrogen-bond acceptors (Lipinski definition) is 8. The molecule has 0 rings (SSSR count). The van der Waals surface area contributed by atoms with Crippen LogP contribution in [0.25, 0.3) is 0 Å². The van der Waals surface area contributed by atoms with Crippen LogP contribution < -0.4 is 0 Å². The lowest BCUT2D eigenvalue weighted by Gasteiger charge is -2.19. The van der Waals surface area contributed by atoms with Crippen molar-refractivity contribution in [3.8, 4) is 0 Å². The number of esters is 1. The van der Waals surface area contributed by atoms with Gasteiger partial charge in [-0.25, -0.2) is 9.36 Å². The first-order valence-corrected chi connectivity index (χ1v) is 10.3. The van der Waals surface area contributed by atoms with Crippen molar-refractivity contribution in [2.45, 2.75) is 20.8 Å². The zero-order valence-corrected chi connectivity index (χ0v) is 18.4. The van der Waals surface area contributed by atoms with Crippen LogP contribution in [0.2, 0.25) is 0 Å². The summed E-state index contributed by atoms with van der Waals surface area (Å²) in [5, 5.41) is 0. The van der Waals surface area contributed by atoms with Gasteiger partial charge in [0.1, 0.15) is 31.3 Å². The van der Waals surface area contributed by atoms with E-state index < -0.39 is 13.8 Å². The van der Waals surface area contributed by atoms with E-state index in [2.05, 4.69) is 32.9 Å². The van der Waals surface area contributed by atoms with Crippen LogP contribution in [-0.2, 0) is 37.1 Å². The molecule has 0 amide bonds. The molecule has 0 saturated heterocycles. The minimum Gasteiger partial charge on any atom is -0.492 e. The second-order valence-corrected chi connectivity index (χ2v) is 7.64. The van der Waals surface area contributed by atoms with Crippen LogP contribution in [0.5, 0.6) is 0 Å². The maximum Gasteiger partial charge on any atom is 0.475 e. The van der Waals surface area contributed by atoms with Gasteiger partial charge in [-0.2, -0.15) is 0 Å². The van der Waals surface area contributed by atoms with Crippen LogP contribution in [0.1, 0.15) is 20.8 Å². The largest absolute Gasteiger partial charge is 0.492 e. The van der Waals surface area contributed by atoms with Gasteiger partial charge in [0.05, 0.1) is 19.8 Å². The van der Waals surface area contributed by atoms with Gasteiger partial charge in [-0.15, -0.1) is 0 Å². The van der Waals surface area contributed by atoms with Crippen LogP contribution >= 0.6 is 7.82 Å². The smallest absolute Gasteiger partial charge is 0.475 e. The SMILES string of the molecule is C=C(C)C(=C)OCCOP(=O)(OCCOC(=C)C(=C)C)OCCOC(=O)C(=C)C. The number of ether oxygens (including phenoxy) is 3. The highest BCUT2D eigenvalue weighted by molar-refractivity contribution is 7.48. The number of rotatable bonds is 17. The quantitative estimate of drug-likeness (QED) is 0.0834. The van der Waals surface area contributed by atoms with Gasteiger partial charge in [0.2, 0.25) is 0 Å². The summed E-state index contributed by atoms with van der Waals surface area (Å²) in [6, 6.07) is 0. The van der Waals surface area contributed by atoms with E-state index in [0.29, 0.717) is 22.7 Å². The van der Waals surface area contributed by atoms with Crippen LogP contribution in [0, 0.1) is 0 Å². The number of carbonyl (C=O) groups is 1. The lowest BCUT2D eigenvalue weighted by Crippen LogP contribution is -2.13. The molecule has 0 aliphatic rings. The minimum atomic E-state index is -3.95.